The zero-order valence-corrected chi connectivity index (χ0v) is 8.62. The van der Waals surface area contributed by atoms with Crippen LogP contribution in [0.5, 0.6) is 0 Å². The predicted octanol–water partition coefficient (Wildman–Crippen LogP) is 2.37. The molecule has 2 nitrogen and oxygen atoms in total. The molecule has 1 aromatic rings. The van der Waals surface area contributed by atoms with Crippen LogP contribution in [-0.4, -0.2) is 5.78 Å². The number of rotatable bonds is 1. The van der Waals surface area contributed by atoms with E-state index in [1.165, 1.54) is 6.92 Å². The maximum atomic E-state index is 11.0. The third-order valence-electron chi connectivity index (χ3n) is 1.43. The highest BCUT2D eigenvalue weighted by atomic mass is 127. The van der Waals surface area contributed by atoms with Gasteiger partial charge in [-0.2, -0.15) is 5.26 Å². The van der Waals surface area contributed by atoms with Crippen molar-refractivity contribution >= 4 is 28.4 Å². The van der Waals surface area contributed by atoms with E-state index in [4.69, 9.17) is 5.26 Å². The van der Waals surface area contributed by atoms with Crippen LogP contribution < -0.4 is 0 Å². The average molecular weight is 271 g/mol. The maximum absolute atomic E-state index is 11.0. The Kier molecular flexibility index (Phi) is 2.82. The summed E-state index contributed by atoms with van der Waals surface area (Å²) in [5, 5.41) is 8.60. The Balaban J connectivity index is 3.26. The highest BCUT2D eigenvalue weighted by molar-refractivity contribution is 14.1. The van der Waals surface area contributed by atoms with Crippen LogP contribution in [0.4, 0.5) is 0 Å². The summed E-state index contributed by atoms with van der Waals surface area (Å²) in [4.78, 5) is 11.0. The van der Waals surface area contributed by atoms with Crippen molar-refractivity contribution < 1.29 is 4.79 Å². The fraction of sp³-hybridized carbons (Fsp3) is 0.111. The summed E-state index contributed by atoms with van der Waals surface area (Å²) in [7, 11) is 0. The normalized spacial score (nSPS) is 9.08. The maximum Gasteiger partial charge on any atom is 0.159 e. The van der Waals surface area contributed by atoms with E-state index in [0.29, 0.717) is 11.1 Å². The van der Waals surface area contributed by atoms with Gasteiger partial charge in [0.05, 0.1) is 11.6 Å². The van der Waals surface area contributed by atoms with E-state index in [1.54, 1.807) is 18.2 Å². The number of ketones is 1. The summed E-state index contributed by atoms with van der Waals surface area (Å²) < 4.78 is 0.914. The lowest BCUT2D eigenvalue weighted by Crippen LogP contribution is -1.93. The molecule has 0 N–H and O–H groups in total. The number of nitrogens with zero attached hydrogens (tertiary/aromatic N) is 1. The molecule has 0 spiro atoms. The van der Waals surface area contributed by atoms with E-state index >= 15 is 0 Å². The van der Waals surface area contributed by atoms with Gasteiger partial charge in [0, 0.05) is 9.13 Å². The Bertz CT molecular complexity index is 365. The highest BCUT2D eigenvalue weighted by Crippen LogP contribution is 2.12. The molecule has 0 fully saturated rings. The standard InChI is InChI=1S/C9H6INO/c1-6(12)8-2-7(5-11)3-9(10)4-8/h2-4H,1H3. The van der Waals surface area contributed by atoms with Crippen LogP contribution in [0.15, 0.2) is 18.2 Å². The van der Waals surface area contributed by atoms with E-state index in [2.05, 4.69) is 22.6 Å². The first-order valence-electron chi connectivity index (χ1n) is 3.35. The Morgan fingerprint density at radius 3 is 2.67 bits per heavy atom. The van der Waals surface area contributed by atoms with Crippen LogP contribution in [-0.2, 0) is 0 Å². The van der Waals surface area contributed by atoms with Gasteiger partial charge in [-0.1, -0.05) is 0 Å². The molecule has 3 heteroatoms. The molecule has 1 aromatic carbocycles. The van der Waals surface area contributed by atoms with E-state index in [-0.39, 0.29) is 5.78 Å². The van der Waals surface area contributed by atoms with Crippen molar-refractivity contribution in [1.82, 2.24) is 0 Å². The molecule has 0 radical (unpaired) electrons. The molecular formula is C9H6INO. The van der Waals surface area contributed by atoms with Gasteiger partial charge < -0.3 is 0 Å². The number of benzene rings is 1. The Morgan fingerprint density at radius 2 is 2.17 bits per heavy atom. The lowest BCUT2D eigenvalue weighted by Gasteiger charge is -1.97. The lowest BCUT2D eigenvalue weighted by atomic mass is 10.1. The molecule has 0 aliphatic heterocycles. The zero-order valence-electron chi connectivity index (χ0n) is 6.47. The topological polar surface area (TPSA) is 40.9 Å². The molecule has 0 bridgehead atoms. The molecule has 0 aromatic heterocycles. The number of carbonyl (C=O) groups is 1. The fourth-order valence-corrected chi connectivity index (χ4v) is 1.53. The lowest BCUT2D eigenvalue weighted by molar-refractivity contribution is 0.101. The zero-order chi connectivity index (χ0) is 9.14. The van der Waals surface area contributed by atoms with Crippen LogP contribution in [0.2, 0.25) is 0 Å². The fourth-order valence-electron chi connectivity index (χ4n) is 0.857. The first kappa shape index (κ1) is 9.20. The van der Waals surface area contributed by atoms with Crippen molar-refractivity contribution in [3.8, 4) is 6.07 Å². The molecule has 0 amide bonds. The Labute approximate surface area is 84.3 Å². The predicted molar refractivity (Wildman–Crippen MR) is 53.9 cm³/mol. The number of hydrogen-bond acceptors (Lipinski definition) is 2. The third kappa shape index (κ3) is 2.05. The second kappa shape index (κ2) is 3.68. The molecule has 0 aliphatic carbocycles. The van der Waals surface area contributed by atoms with E-state index in [9.17, 15) is 4.79 Å². The molecule has 0 saturated carbocycles. The van der Waals surface area contributed by atoms with Gasteiger partial charge >= 0.3 is 0 Å². The van der Waals surface area contributed by atoms with Gasteiger partial charge in [-0.3, -0.25) is 4.79 Å². The van der Waals surface area contributed by atoms with Gasteiger partial charge in [-0.15, -0.1) is 0 Å². The van der Waals surface area contributed by atoms with Crippen molar-refractivity contribution in [2.24, 2.45) is 0 Å². The summed E-state index contributed by atoms with van der Waals surface area (Å²) in [6.45, 7) is 1.49. The first-order valence-corrected chi connectivity index (χ1v) is 4.43. The summed E-state index contributed by atoms with van der Waals surface area (Å²) in [5.41, 5.74) is 1.13. The second-order valence-electron chi connectivity index (χ2n) is 2.40. The summed E-state index contributed by atoms with van der Waals surface area (Å²) >= 11 is 2.08. The minimum atomic E-state index is -0.00924. The van der Waals surface area contributed by atoms with Gasteiger partial charge in [0.25, 0.3) is 0 Å². The minimum absolute atomic E-state index is 0.00924. The van der Waals surface area contributed by atoms with Crippen LogP contribution in [0, 0.1) is 14.9 Å². The molecular weight excluding hydrogens is 265 g/mol. The van der Waals surface area contributed by atoms with Crippen molar-refractivity contribution in [3.63, 3.8) is 0 Å². The second-order valence-corrected chi connectivity index (χ2v) is 3.64. The Morgan fingerprint density at radius 1 is 1.50 bits per heavy atom. The van der Waals surface area contributed by atoms with Gasteiger partial charge in [0.2, 0.25) is 0 Å². The largest absolute Gasteiger partial charge is 0.295 e. The monoisotopic (exact) mass is 271 g/mol. The molecule has 0 saturated heterocycles. The third-order valence-corrected chi connectivity index (χ3v) is 2.06. The van der Waals surface area contributed by atoms with Crippen LogP contribution >= 0.6 is 22.6 Å². The van der Waals surface area contributed by atoms with Crippen LogP contribution in [0.1, 0.15) is 22.8 Å². The SMILES string of the molecule is CC(=O)c1cc(I)cc(C#N)c1. The van der Waals surface area contributed by atoms with Gasteiger partial charge in [-0.25, -0.2) is 0 Å². The van der Waals surface area contributed by atoms with Gasteiger partial charge in [0.15, 0.2) is 5.78 Å². The van der Waals surface area contributed by atoms with Crippen LogP contribution in [0.25, 0.3) is 0 Å². The molecule has 60 valence electrons. The van der Waals surface area contributed by atoms with E-state index < -0.39 is 0 Å². The van der Waals surface area contributed by atoms with E-state index in [1.807, 2.05) is 6.07 Å². The number of nitriles is 1. The highest BCUT2D eigenvalue weighted by Gasteiger charge is 2.02. The number of Topliss-reactive ketones (excluding diaryl/α,β-unsaturated/α-hetero) is 1. The Hall–Kier alpha value is -0.890. The molecule has 1 rings (SSSR count). The molecule has 0 heterocycles. The summed E-state index contributed by atoms with van der Waals surface area (Å²) in [6.07, 6.45) is 0. The summed E-state index contributed by atoms with van der Waals surface area (Å²) in [5.74, 6) is -0.00924. The minimum Gasteiger partial charge on any atom is -0.295 e. The molecule has 12 heavy (non-hydrogen) atoms. The van der Waals surface area contributed by atoms with Crippen LogP contribution in [0.3, 0.4) is 0 Å². The van der Waals surface area contributed by atoms with E-state index in [0.717, 1.165) is 3.57 Å². The quantitative estimate of drug-likeness (QED) is 0.581. The number of hydrogen-bond donors (Lipinski definition) is 0. The van der Waals surface area contributed by atoms with Crippen molar-refractivity contribution in [2.75, 3.05) is 0 Å². The molecule has 0 aliphatic rings. The van der Waals surface area contributed by atoms with Crippen molar-refractivity contribution in [2.45, 2.75) is 6.92 Å². The number of halogens is 1. The van der Waals surface area contributed by atoms with Gasteiger partial charge in [0.1, 0.15) is 0 Å². The van der Waals surface area contributed by atoms with Crippen molar-refractivity contribution in [3.05, 3.63) is 32.9 Å². The average Bonchev–Trinajstić information content (AvgIpc) is 2.03. The number of carbonyl (C=O) groups excluding carboxylic acids is 1. The first-order chi connectivity index (χ1) is 5.63. The van der Waals surface area contributed by atoms with Crippen molar-refractivity contribution in [1.29, 1.82) is 5.26 Å². The smallest absolute Gasteiger partial charge is 0.159 e. The van der Waals surface area contributed by atoms with Gasteiger partial charge in [-0.05, 0) is 47.7 Å². The molecule has 0 atom stereocenters. The molecule has 0 unspecified atom stereocenters. The summed E-state index contributed by atoms with van der Waals surface area (Å²) in [6, 6.07) is 7.12.